The first-order valence-electron chi connectivity index (χ1n) is 4.76. The summed E-state index contributed by atoms with van der Waals surface area (Å²) in [5.41, 5.74) is 6.26. The third-order valence-corrected chi connectivity index (χ3v) is 2.57. The summed E-state index contributed by atoms with van der Waals surface area (Å²) < 4.78 is 1.75. The molecule has 1 aliphatic rings. The Kier molecular flexibility index (Phi) is 3.95. The molecule has 15 heavy (non-hydrogen) atoms. The average Bonchev–Trinajstić information content (AvgIpc) is 2.61. The fourth-order valence-electron chi connectivity index (χ4n) is 1.79. The van der Waals surface area contributed by atoms with Crippen molar-refractivity contribution in [3.8, 4) is 6.07 Å². The topological polar surface area (TPSA) is 79.7 Å². The Morgan fingerprint density at radius 3 is 3.00 bits per heavy atom. The number of halogens is 1. The van der Waals surface area contributed by atoms with Crippen LogP contribution >= 0.6 is 12.4 Å². The number of nitrogen functional groups attached to an aromatic ring is 1. The van der Waals surface area contributed by atoms with Crippen molar-refractivity contribution in [2.75, 3.05) is 18.8 Å². The smallest absolute Gasteiger partial charge is 0.140 e. The second kappa shape index (κ2) is 5.01. The van der Waals surface area contributed by atoms with Gasteiger partial charge in [-0.2, -0.15) is 10.4 Å². The highest BCUT2D eigenvalue weighted by Crippen LogP contribution is 2.21. The van der Waals surface area contributed by atoms with Crippen LogP contribution in [0.15, 0.2) is 6.20 Å². The minimum absolute atomic E-state index is 0. The molecule has 6 heteroatoms. The number of nitrogens with one attached hydrogen (secondary N) is 1. The summed E-state index contributed by atoms with van der Waals surface area (Å²) in [4.78, 5) is 0. The number of nitrogens with two attached hydrogens (primary N) is 1. The van der Waals surface area contributed by atoms with Crippen LogP contribution in [-0.2, 0) is 0 Å². The lowest BCUT2D eigenvalue weighted by Gasteiger charge is -2.23. The standard InChI is InChI=1S/C9H13N5.ClH/c10-4-7-5-13-14(9(7)11)8-2-1-3-12-6-8;/h5,8,12H,1-3,6,11H2;1H. The Labute approximate surface area is 94.7 Å². The van der Waals surface area contributed by atoms with E-state index in [1.807, 2.05) is 6.07 Å². The fourth-order valence-corrected chi connectivity index (χ4v) is 1.79. The molecule has 0 amide bonds. The molecule has 3 N–H and O–H groups in total. The molecular weight excluding hydrogens is 214 g/mol. The van der Waals surface area contributed by atoms with Crippen molar-refractivity contribution in [2.45, 2.75) is 18.9 Å². The van der Waals surface area contributed by atoms with Gasteiger partial charge >= 0.3 is 0 Å². The number of anilines is 1. The number of hydrogen-bond acceptors (Lipinski definition) is 4. The quantitative estimate of drug-likeness (QED) is 0.740. The first-order valence-corrected chi connectivity index (χ1v) is 4.76. The lowest BCUT2D eigenvalue weighted by molar-refractivity contribution is 0.350. The van der Waals surface area contributed by atoms with Crippen LogP contribution < -0.4 is 11.1 Å². The Balaban J connectivity index is 0.00000112. The molecule has 1 aromatic heterocycles. The van der Waals surface area contributed by atoms with E-state index in [9.17, 15) is 0 Å². The molecular formula is C9H14ClN5. The van der Waals surface area contributed by atoms with Gasteiger partial charge in [0.1, 0.15) is 17.5 Å². The van der Waals surface area contributed by atoms with Gasteiger partial charge in [-0.3, -0.25) is 0 Å². The maximum atomic E-state index is 8.73. The summed E-state index contributed by atoms with van der Waals surface area (Å²) in [5, 5.41) is 16.2. The van der Waals surface area contributed by atoms with Crippen molar-refractivity contribution in [1.29, 1.82) is 5.26 Å². The van der Waals surface area contributed by atoms with Crippen LogP contribution in [-0.4, -0.2) is 22.9 Å². The molecule has 1 aromatic rings. The maximum absolute atomic E-state index is 8.73. The highest BCUT2D eigenvalue weighted by Gasteiger charge is 2.18. The Hall–Kier alpha value is -1.25. The molecule has 0 spiro atoms. The summed E-state index contributed by atoms with van der Waals surface area (Å²) in [7, 11) is 0. The normalized spacial score (nSPS) is 20.3. The van der Waals surface area contributed by atoms with Gasteiger partial charge in [0.25, 0.3) is 0 Å². The van der Waals surface area contributed by atoms with Gasteiger partial charge in [0.05, 0.1) is 12.2 Å². The predicted molar refractivity (Wildman–Crippen MR) is 59.7 cm³/mol. The zero-order valence-electron chi connectivity index (χ0n) is 8.31. The number of rotatable bonds is 1. The highest BCUT2D eigenvalue weighted by atomic mass is 35.5. The molecule has 0 aliphatic carbocycles. The third-order valence-electron chi connectivity index (χ3n) is 2.57. The van der Waals surface area contributed by atoms with Crippen LogP contribution in [0.4, 0.5) is 5.82 Å². The Morgan fingerprint density at radius 1 is 1.67 bits per heavy atom. The number of piperidine rings is 1. The fraction of sp³-hybridized carbons (Fsp3) is 0.556. The zero-order valence-corrected chi connectivity index (χ0v) is 9.13. The second-order valence-electron chi connectivity index (χ2n) is 3.50. The van der Waals surface area contributed by atoms with Crippen molar-refractivity contribution < 1.29 is 0 Å². The van der Waals surface area contributed by atoms with Crippen LogP contribution in [0.3, 0.4) is 0 Å². The first-order chi connectivity index (χ1) is 6.83. The molecule has 0 saturated carbocycles. The van der Waals surface area contributed by atoms with Crippen molar-refractivity contribution in [3.05, 3.63) is 11.8 Å². The van der Waals surface area contributed by atoms with E-state index in [0.29, 0.717) is 17.4 Å². The average molecular weight is 228 g/mol. The molecule has 2 rings (SSSR count). The van der Waals surface area contributed by atoms with Crippen molar-refractivity contribution >= 4 is 18.2 Å². The molecule has 2 heterocycles. The van der Waals surface area contributed by atoms with Crippen molar-refractivity contribution in [2.24, 2.45) is 0 Å². The largest absolute Gasteiger partial charge is 0.383 e. The molecule has 1 atom stereocenters. The minimum atomic E-state index is 0. The predicted octanol–water partition coefficient (Wildman–Crippen LogP) is 0.683. The first kappa shape index (κ1) is 11.8. The van der Waals surface area contributed by atoms with Crippen LogP contribution in [0.5, 0.6) is 0 Å². The van der Waals surface area contributed by atoms with E-state index in [0.717, 1.165) is 25.9 Å². The molecule has 5 nitrogen and oxygen atoms in total. The SMILES string of the molecule is Cl.N#Cc1cnn(C2CCCNC2)c1N. The van der Waals surface area contributed by atoms with E-state index in [4.69, 9.17) is 11.0 Å². The summed E-state index contributed by atoms with van der Waals surface area (Å²) in [6.07, 6.45) is 3.74. The van der Waals surface area contributed by atoms with E-state index in [2.05, 4.69) is 10.4 Å². The van der Waals surface area contributed by atoms with Crippen molar-refractivity contribution in [3.63, 3.8) is 0 Å². The van der Waals surface area contributed by atoms with E-state index >= 15 is 0 Å². The molecule has 82 valence electrons. The second-order valence-corrected chi connectivity index (χ2v) is 3.50. The lowest BCUT2D eigenvalue weighted by atomic mass is 10.1. The van der Waals surface area contributed by atoms with E-state index < -0.39 is 0 Å². The molecule has 0 aromatic carbocycles. The van der Waals surface area contributed by atoms with Gasteiger partial charge in [0.2, 0.25) is 0 Å². The summed E-state index contributed by atoms with van der Waals surface area (Å²) in [6.45, 7) is 1.94. The van der Waals surface area contributed by atoms with Gasteiger partial charge < -0.3 is 11.1 Å². The molecule has 1 aliphatic heterocycles. The van der Waals surface area contributed by atoms with Gasteiger partial charge in [-0.15, -0.1) is 12.4 Å². The van der Waals surface area contributed by atoms with Gasteiger partial charge in [-0.25, -0.2) is 4.68 Å². The molecule has 0 radical (unpaired) electrons. The highest BCUT2D eigenvalue weighted by molar-refractivity contribution is 5.85. The molecule has 1 unspecified atom stereocenters. The van der Waals surface area contributed by atoms with E-state index in [-0.39, 0.29) is 12.4 Å². The molecule has 1 saturated heterocycles. The molecule has 1 fully saturated rings. The van der Waals surface area contributed by atoms with Crippen LogP contribution in [0.2, 0.25) is 0 Å². The summed E-state index contributed by atoms with van der Waals surface area (Å²) in [6, 6.07) is 2.32. The summed E-state index contributed by atoms with van der Waals surface area (Å²) >= 11 is 0. The number of nitriles is 1. The minimum Gasteiger partial charge on any atom is -0.383 e. The van der Waals surface area contributed by atoms with Gasteiger partial charge in [0.15, 0.2) is 0 Å². The van der Waals surface area contributed by atoms with Gasteiger partial charge in [-0.05, 0) is 19.4 Å². The van der Waals surface area contributed by atoms with Gasteiger partial charge in [-0.1, -0.05) is 0 Å². The van der Waals surface area contributed by atoms with E-state index in [1.165, 1.54) is 6.20 Å². The maximum Gasteiger partial charge on any atom is 0.140 e. The van der Waals surface area contributed by atoms with Crippen LogP contribution in [0.25, 0.3) is 0 Å². The van der Waals surface area contributed by atoms with E-state index in [1.54, 1.807) is 4.68 Å². The lowest BCUT2D eigenvalue weighted by Crippen LogP contribution is -2.32. The zero-order chi connectivity index (χ0) is 9.97. The third kappa shape index (κ3) is 2.22. The van der Waals surface area contributed by atoms with Crippen LogP contribution in [0.1, 0.15) is 24.4 Å². The number of hydrogen-bond donors (Lipinski definition) is 2. The van der Waals surface area contributed by atoms with Crippen LogP contribution in [0, 0.1) is 11.3 Å². The number of aromatic nitrogens is 2. The molecule has 0 bridgehead atoms. The van der Waals surface area contributed by atoms with Gasteiger partial charge in [0, 0.05) is 6.54 Å². The van der Waals surface area contributed by atoms with Crippen molar-refractivity contribution in [1.82, 2.24) is 15.1 Å². The monoisotopic (exact) mass is 227 g/mol. The Bertz CT molecular complexity index is 361. The number of nitrogens with zero attached hydrogens (tertiary/aromatic N) is 3. The summed E-state index contributed by atoms with van der Waals surface area (Å²) in [5.74, 6) is 0.487. The Morgan fingerprint density at radius 2 is 2.47 bits per heavy atom.